The van der Waals surface area contributed by atoms with Crippen molar-refractivity contribution < 1.29 is 4.79 Å². The van der Waals surface area contributed by atoms with Gasteiger partial charge in [0, 0.05) is 32.7 Å². The summed E-state index contributed by atoms with van der Waals surface area (Å²) in [5.41, 5.74) is 6.12. The highest BCUT2D eigenvalue weighted by atomic mass is 16.2. The highest BCUT2D eigenvalue weighted by Gasteiger charge is 2.16. The van der Waals surface area contributed by atoms with Crippen molar-refractivity contribution in [2.24, 2.45) is 5.73 Å². The van der Waals surface area contributed by atoms with E-state index in [-0.39, 0.29) is 12.5 Å². The summed E-state index contributed by atoms with van der Waals surface area (Å²) in [5.74, 6) is 0.0787. The molecule has 1 saturated heterocycles. The lowest BCUT2D eigenvalue weighted by Crippen LogP contribution is -2.47. The molecule has 1 aromatic heterocycles. The number of piperazine rings is 1. The molecule has 0 atom stereocenters. The number of amides is 1. The van der Waals surface area contributed by atoms with E-state index in [1.165, 1.54) is 4.68 Å². The second-order valence-electron chi connectivity index (χ2n) is 3.74. The first-order valence-corrected chi connectivity index (χ1v) is 5.37. The Morgan fingerprint density at radius 2 is 2.25 bits per heavy atom. The Hall–Kier alpha value is -1.47. The molecular formula is C9H16N6O. The molecule has 0 aliphatic carbocycles. The van der Waals surface area contributed by atoms with Crippen molar-refractivity contribution >= 4 is 5.91 Å². The van der Waals surface area contributed by atoms with E-state index in [1.54, 1.807) is 6.20 Å². The van der Waals surface area contributed by atoms with Gasteiger partial charge in [0.05, 0.1) is 11.9 Å². The van der Waals surface area contributed by atoms with Crippen molar-refractivity contribution in [3.05, 3.63) is 11.9 Å². The van der Waals surface area contributed by atoms with Crippen molar-refractivity contribution in [2.75, 3.05) is 26.2 Å². The monoisotopic (exact) mass is 224 g/mol. The number of rotatable bonds is 3. The topological polar surface area (TPSA) is 89.1 Å². The first-order valence-electron chi connectivity index (χ1n) is 5.37. The Kier molecular flexibility index (Phi) is 3.47. The lowest BCUT2D eigenvalue weighted by Gasteiger charge is -2.27. The fourth-order valence-electron chi connectivity index (χ4n) is 1.66. The Morgan fingerprint density at radius 3 is 2.88 bits per heavy atom. The molecule has 7 heteroatoms. The summed E-state index contributed by atoms with van der Waals surface area (Å²) in [6.45, 7) is 3.83. The van der Waals surface area contributed by atoms with Crippen LogP contribution in [0.2, 0.25) is 0 Å². The number of carbonyl (C=O) groups is 1. The van der Waals surface area contributed by atoms with Crippen LogP contribution >= 0.6 is 0 Å². The Labute approximate surface area is 93.6 Å². The molecule has 0 bridgehead atoms. The van der Waals surface area contributed by atoms with Crippen LogP contribution in [0.5, 0.6) is 0 Å². The number of nitrogens with zero attached hydrogens (tertiary/aromatic N) is 4. The van der Waals surface area contributed by atoms with Crippen LogP contribution in [0.3, 0.4) is 0 Å². The third-order valence-corrected chi connectivity index (χ3v) is 2.56. The zero-order chi connectivity index (χ0) is 11.4. The molecule has 0 saturated carbocycles. The SMILES string of the molecule is NCc1cn(CC(=O)N2CCNCC2)nn1. The standard InChI is InChI=1S/C9H16N6O/c10-5-8-6-15(13-12-8)7-9(16)14-3-1-11-2-4-14/h6,11H,1-5,7,10H2. The maximum Gasteiger partial charge on any atom is 0.244 e. The fraction of sp³-hybridized carbons (Fsp3) is 0.667. The van der Waals surface area contributed by atoms with Gasteiger partial charge in [-0.25, -0.2) is 4.68 Å². The molecule has 7 nitrogen and oxygen atoms in total. The average molecular weight is 224 g/mol. The predicted molar refractivity (Wildman–Crippen MR) is 57.4 cm³/mol. The van der Waals surface area contributed by atoms with Crippen LogP contribution in [0.15, 0.2) is 6.20 Å². The third kappa shape index (κ3) is 2.56. The zero-order valence-corrected chi connectivity index (χ0v) is 9.09. The highest BCUT2D eigenvalue weighted by molar-refractivity contribution is 5.76. The molecule has 0 unspecified atom stereocenters. The zero-order valence-electron chi connectivity index (χ0n) is 9.09. The van der Waals surface area contributed by atoms with Crippen molar-refractivity contribution in [3.8, 4) is 0 Å². The van der Waals surface area contributed by atoms with Gasteiger partial charge in [-0.3, -0.25) is 4.79 Å². The smallest absolute Gasteiger partial charge is 0.244 e. The summed E-state index contributed by atoms with van der Waals surface area (Å²) in [5, 5.41) is 10.9. The third-order valence-electron chi connectivity index (χ3n) is 2.56. The fourth-order valence-corrected chi connectivity index (χ4v) is 1.66. The molecular weight excluding hydrogens is 208 g/mol. The van der Waals surface area contributed by atoms with Crippen molar-refractivity contribution in [2.45, 2.75) is 13.1 Å². The van der Waals surface area contributed by atoms with E-state index in [4.69, 9.17) is 5.73 Å². The van der Waals surface area contributed by atoms with Gasteiger partial charge in [0.2, 0.25) is 5.91 Å². The van der Waals surface area contributed by atoms with E-state index in [0.717, 1.165) is 26.2 Å². The average Bonchev–Trinajstić information content (AvgIpc) is 2.78. The molecule has 0 aromatic carbocycles. The molecule has 0 spiro atoms. The normalized spacial score (nSPS) is 16.4. The van der Waals surface area contributed by atoms with E-state index < -0.39 is 0 Å². The highest BCUT2D eigenvalue weighted by Crippen LogP contribution is 1.97. The lowest BCUT2D eigenvalue weighted by atomic mass is 10.3. The summed E-state index contributed by atoms with van der Waals surface area (Å²) in [6, 6.07) is 0. The minimum atomic E-state index is 0.0787. The van der Waals surface area contributed by atoms with E-state index in [1.807, 2.05) is 4.90 Å². The van der Waals surface area contributed by atoms with Gasteiger partial charge in [0.25, 0.3) is 0 Å². The van der Waals surface area contributed by atoms with Crippen LogP contribution < -0.4 is 11.1 Å². The summed E-state index contributed by atoms with van der Waals surface area (Å²) < 4.78 is 1.53. The van der Waals surface area contributed by atoms with E-state index in [0.29, 0.717) is 12.2 Å². The largest absolute Gasteiger partial charge is 0.339 e. The van der Waals surface area contributed by atoms with Gasteiger partial charge in [0.1, 0.15) is 6.54 Å². The van der Waals surface area contributed by atoms with Gasteiger partial charge in [0.15, 0.2) is 0 Å². The van der Waals surface area contributed by atoms with Crippen molar-refractivity contribution in [3.63, 3.8) is 0 Å². The lowest BCUT2D eigenvalue weighted by molar-refractivity contribution is -0.132. The van der Waals surface area contributed by atoms with Crippen LogP contribution in [-0.2, 0) is 17.9 Å². The first kappa shape index (κ1) is 11.0. The first-order chi connectivity index (χ1) is 7.79. The number of hydrogen-bond donors (Lipinski definition) is 2. The van der Waals surface area contributed by atoms with Crippen LogP contribution in [0.25, 0.3) is 0 Å². The summed E-state index contributed by atoms with van der Waals surface area (Å²) in [4.78, 5) is 13.7. The molecule has 0 radical (unpaired) electrons. The van der Waals surface area contributed by atoms with Gasteiger partial charge in [-0.15, -0.1) is 5.10 Å². The van der Waals surface area contributed by atoms with Crippen LogP contribution in [0.4, 0.5) is 0 Å². The Morgan fingerprint density at radius 1 is 1.50 bits per heavy atom. The maximum atomic E-state index is 11.8. The molecule has 88 valence electrons. The van der Waals surface area contributed by atoms with Gasteiger partial charge >= 0.3 is 0 Å². The van der Waals surface area contributed by atoms with Gasteiger partial charge in [-0.05, 0) is 0 Å². The minimum absolute atomic E-state index is 0.0787. The van der Waals surface area contributed by atoms with Gasteiger partial charge in [-0.2, -0.15) is 0 Å². The van der Waals surface area contributed by atoms with Crippen LogP contribution in [-0.4, -0.2) is 52.0 Å². The number of aromatic nitrogens is 3. The number of nitrogens with two attached hydrogens (primary N) is 1. The molecule has 1 aliphatic heterocycles. The molecule has 1 amide bonds. The quantitative estimate of drug-likeness (QED) is 0.630. The van der Waals surface area contributed by atoms with Gasteiger partial charge in [-0.1, -0.05) is 5.21 Å². The number of hydrogen-bond acceptors (Lipinski definition) is 5. The summed E-state index contributed by atoms with van der Waals surface area (Å²) in [7, 11) is 0. The second-order valence-corrected chi connectivity index (χ2v) is 3.74. The van der Waals surface area contributed by atoms with Crippen LogP contribution in [0, 0.1) is 0 Å². The number of carbonyl (C=O) groups excluding carboxylic acids is 1. The van der Waals surface area contributed by atoms with E-state index in [9.17, 15) is 4.79 Å². The van der Waals surface area contributed by atoms with E-state index >= 15 is 0 Å². The predicted octanol–water partition coefficient (Wildman–Crippen LogP) is -1.83. The molecule has 1 fully saturated rings. The second kappa shape index (κ2) is 5.04. The minimum Gasteiger partial charge on any atom is -0.339 e. The summed E-state index contributed by atoms with van der Waals surface area (Å²) >= 11 is 0. The van der Waals surface area contributed by atoms with E-state index in [2.05, 4.69) is 15.6 Å². The Balaban J connectivity index is 1.90. The molecule has 3 N–H and O–H groups in total. The van der Waals surface area contributed by atoms with Gasteiger partial charge < -0.3 is 16.0 Å². The molecule has 1 aromatic rings. The molecule has 2 heterocycles. The number of nitrogens with one attached hydrogen (secondary N) is 1. The van der Waals surface area contributed by atoms with Crippen molar-refractivity contribution in [1.82, 2.24) is 25.2 Å². The molecule has 16 heavy (non-hydrogen) atoms. The molecule has 2 rings (SSSR count). The summed E-state index contributed by atoms with van der Waals surface area (Å²) in [6.07, 6.45) is 1.71. The van der Waals surface area contributed by atoms with Crippen molar-refractivity contribution in [1.29, 1.82) is 0 Å². The molecule has 1 aliphatic rings. The van der Waals surface area contributed by atoms with Crippen LogP contribution in [0.1, 0.15) is 5.69 Å². The maximum absolute atomic E-state index is 11.8. The Bertz CT molecular complexity index is 357.